The normalized spacial score (nSPS) is 24.9. The minimum Gasteiger partial charge on any atom is -0.387 e. The lowest BCUT2D eigenvalue weighted by Crippen LogP contribution is -2.47. The van der Waals surface area contributed by atoms with E-state index in [2.05, 4.69) is 10.6 Å². The van der Waals surface area contributed by atoms with E-state index in [9.17, 15) is 9.90 Å². The number of carbonyl (C=O) groups is 1. The van der Waals surface area contributed by atoms with Crippen molar-refractivity contribution in [2.24, 2.45) is 0 Å². The van der Waals surface area contributed by atoms with Crippen molar-refractivity contribution < 1.29 is 9.90 Å². The molecule has 15 heavy (non-hydrogen) atoms. The van der Waals surface area contributed by atoms with Crippen LogP contribution in [0.4, 0.5) is 0 Å². The van der Waals surface area contributed by atoms with E-state index in [1.54, 1.807) is 18.7 Å². The quantitative estimate of drug-likeness (QED) is 0.623. The third kappa shape index (κ3) is 4.40. The zero-order valence-electron chi connectivity index (χ0n) is 9.38. The first kappa shape index (κ1) is 12.8. The molecule has 4 nitrogen and oxygen atoms in total. The summed E-state index contributed by atoms with van der Waals surface area (Å²) in [7, 11) is 0. The lowest BCUT2D eigenvalue weighted by molar-refractivity contribution is -0.123. The van der Waals surface area contributed by atoms with Gasteiger partial charge in [-0.15, -0.1) is 0 Å². The van der Waals surface area contributed by atoms with E-state index >= 15 is 0 Å². The Bertz CT molecular complexity index is 215. The van der Waals surface area contributed by atoms with Crippen molar-refractivity contribution in [1.29, 1.82) is 0 Å². The van der Waals surface area contributed by atoms with Crippen molar-refractivity contribution in [3.05, 3.63) is 0 Å². The second kappa shape index (κ2) is 5.72. The highest BCUT2D eigenvalue weighted by Crippen LogP contribution is 2.10. The first-order chi connectivity index (χ1) is 7.05. The molecule has 1 aliphatic rings. The molecule has 1 heterocycles. The number of carbonyl (C=O) groups excluding carboxylic acids is 1. The van der Waals surface area contributed by atoms with Crippen LogP contribution in [0.2, 0.25) is 0 Å². The van der Waals surface area contributed by atoms with Gasteiger partial charge in [-0.25, -0.2) is 0 Å². The van der Waals surface area contributed by atoms with Gasteiger partial charge in [-0.3, -0.25) is 4.79 Å². The van der Waals surface area contributed by atoms with Gasteiger partial charge in [0.15, 0.2) is 0 Å². The summed E-state index contributed by atoms with van der Waals surface area (Å²) in [6.07, 6.45) is 3.89. The molecule has 1 aliphatic heterocycles. The smallest absolute Gasteiger partial charge is 0.237 e. The number of rotatable bonds is 5. The Kier molecular flexibility index (Phi) is 4.89. The van der Waals surface area contributed by atoms with E-state index in [0.29, 0.717) is 12.3 Å². The first-order valence-electron chi connectivity index (χ1n) is 5.27. The lowest BCUT2D eigenvalue weighted by Gasteiger charge is -2.23. The van der Waals surface area contributed by atoms with Crippen LogP contribution < -0.4 is 10.6 Å². The molecule has 0 aliphatic carbocycles. The molecule has 0 saturated carbocycles. The second-order valence-electron chi connectivity index (χ2n) is 4.30. The van der Waals surface area contributed by atoms with Crippen LogP contribution in [0.25, 0.3) is 0 Å². The summed E-state index contributed by atoms with van der Waals surface area (Å²) < 4.78 is 0. The van der Waals surface area contributed by atoms with Crippen molar-refractivity contribution in [3.63, 3.8) is 0 Å². The van der Waals surface area contributed by atoms with E-state index in [1.807, 2.05) is 6.26 Å². The van der Waals surface area contributed by atoms with E-state index < -0.39 is 5.60 Å². The summed E-state index contributed by atoms with van der Waals surface area (Å²) in [5.74, 6) is 0.639. The van der Waals surface area contributed by atoms with E-state index in [0.717, 1.165) is 19.4 Å². The molecule has 1 amide bonds. The van der Waals surface area contributed by atoms with Crippen LogP contribution in [0.5, 0.6) is 0 Å². The highest BCUT2D eigenvalue weighted by molar-refractivity contribution is 7.98. The van der Waals surface area contributed by atoms with E-state index in [-0.39, 0.29) is 11.9 Å². The van der Waals surface area contributed by atoms with Crippen molar-refractivity contribution >= 4 is 17.7 Å². The van der Waals surface area contributed by atoms with Crippen molar-refractivity contribution in [1.82, 2.24) is 10.6 Å². The molecule has 0 bridgehead atoms. The molecule has 88 valence electrons. The second-order valence-corrected chi connectivity index (χ2v) is 5.16. The third-order valence-corrected chi connectivity index (χ3v) is 3.39. The van der Waals surface area contributed by atoms with Gasteiger partial charge in [0.05, 0.1) is 11.6 Å². The number of thioether (sulfide) groups is 1. The van der Waals surface area contributed by atoms with Crippen LogP contribution in [-0.2, 0) is 4.79 Å². The van der Waals surface area contributed by atoms with Crippen LogP contribution in [0, 0.1) is 0 Å². The van der Waals surface area contributed by atoms with Crippen molar-refractivity contribution in [2.45, 2.75) is 31.4 Å². The Hall–Kier alpha value is -0.260. The number of hydrogen-bond donors (Lipinski definition) is 3. The SMILES string of the molecule is CSCC(C)(O)CNC(=O)[C@H]1CCCN1. The molecule has 1 fully saturated rings. The fraction of sp³-hybridized carbons (Fsp3) is 0.900. The maximum Gasteiger partial charge on any atom is 0.237 e. The predicted octanol–water partition coefficient (Wildman–Crippen LogP) is -0.0314. The largest absolute Gasteiger partial charge is 0.387 e. The fourth-order valence-corrected chi connectivity index (χ4v) is 2.40. The van der Waals surface area contributed by atoms with Gasteiger partial charge in [-0.1, -0.05) is 0 Å². The molecule has 2 atom stereocenters. The van der Waals surface area contributed by atoms with Gasteiger partial charge in [0.25, 0.3) is 0 Å². The van der Waals surface area contributed by atoms with Gasteiger partial charge >= 0.3 is 0 Å². The highest BCUT2D eigenvalue weighted by Gasteiger charge is 2.25. The Labute approximate surface area is 95.2 Å². The van der Waals surface area contributed by atoms with Crippen LogP contribution in [0.3, 0.4) is 0 Å². The Morgan fingerprint density at radius 3 is 3.00 bits per heavy atom. The first-order valence-corrected chi connectivity index (χ1v) is 6.67. The summed E-state index contributed by atoms with van der Waals surface area (Å²) in [4.78, 5) is 11.6. The Morgan fingerprint density at radius 2 is 2.47 bits per heavy atom. The third-order valence-electron chi connectivity index (χ3n) is 2.48. The van der Waals surface area contributed by atoms with Crippen molar-refractivity contribution in [2.75, 3.05) is 25.1 Å². The van der Waals surface area contributed by atoms with E-state index in [4.69, 9.17) is 0 Å². The van der Waals surface area contributed by atoms with Crippen LogP contribution >= 0.6 is 11.8 Å². The molecule has 1 saturated heterocycles. The number of amides is 1. The molecule has 0 aromatic heterocycles. The van der Waals surface area contributed by atoms with Crippen LogP contribution in [-0.4, -0.2) is 47.8 Å². The molecule has 0 radical (unpaired) electrons. The maximum atomic E-state index is 11.6. The standard InChI is InChI=1S/C10H20N2O2S/c1-10(14,7-15-2)6-12-9(13)8-4-3-5-11-8/h8,11,14H,3-7H2,1-2H3,(H,12,13)/t8-,10?/m1/s1. The topological polar surface area (TPSA) is 61.4 Å². The van der Waals surface area contributed by atoms with Gasteiger partial charge in [-0.05, 0) is 32.6 Å². The number of nitrogens with one attached hydrogen (secondary N) is 2. The molecule has 5 heteroatoms. The molecule has 1 rings (SSSR count). The monoisotopic (exact) mass is 232 g/mol. The summed E-state index contributed by atoms with van der Waals surface area (Å²) >= 11 is 1.58. The molecule has 1 unspecified atom stereocenters. The maximum absolute atomic E-state index is 11.6. The minimum absolute atomic E-state index is 0.00822. The molecular formula is C10H20N2O2S. The van der Waals surface area contributed by atoms with Gasteiger partial charge in [0.1, 0.15) is 0 Å². The van der Waals surface area contributed by atoms with Crippen LogP contribution in [0.15, 0.2) is 0 Å². The van der Waals surface area contributed by atoms with E-state index in [1.165, 1.54) is 0 Å². The predicted molar refractivity (Wildman–Crippen MR) is 63.0 cm³/mol. The summed E-state index contributed by atoms with van der Waals surface area (Å²) in [5, 5.41) is 15.8. The Morgan fingerprint density at radius 1 is 1.73 bits per heavy atom. The molecule has 0 spiro atoms. The van der Waals surface area contributed by atoms with Crippen LogP contribution in [0.1, 0.15) is 19.8 Å². The lowest BCUT2D eigenvalue weighted by atomic mass is 10.1. The highest BCUT2D eigenvalue weighted by atomic mass is 32.2. The zero-order valence-corrected chi connectivity index (χ0v) is 10.2. The molecule has 0 aromatic carbocycles. The fourth-order valence-electron chi connectivity index (χ4n) is 1.67. The summed E-state index contributed by atoms with van der Waals surface area (Å²) in [6.45, 7) is 2.98. The minimum atomic E-state index is -0.812. The number of aliphatic hydroxyl groups is 1. The summed E-state index contributed by atoms with van der Waals surface area (Å²) in [5.41, 5.74) is -0.812. The van der Waals surface area contributed by atoms with Gasteiger partial charge in [-0.2, -0.15) is 11.8 Å². The Balaban J connectivity index is 2.26. The van der Waals surface area contributed by atoms with Crippen molar-refractivity contribution in [3.8, 4) is 0 Å². The molecule has 3 N–H and O–H groups in total. The zero-order chi connectivity index (χ0) is 11.3. The van der Waals surface area contributed by atoms with Gasteiger partial charge < -0.3 is 15.7 Å². The molecular weight excluding hydrogens is 212 g/mol. The molecule has 0 aromatic rings. The average Bonchev–Trinajstić information content (AvgIpc) is 2.67. The summed E-state index contributed by atoms with van der Waals surface area (Å²) in [6, 6.07) is -0.0601. The average molecular weight is 232 g/mol. The van der Waals surface area contributed by atoms with Gasteiger partial charge in [0, 0.05) is 12.3 Å². The van der Waals surface area contributed by atoms with Gasteiger partial charge in [0.2, 0.25) is 5.91 Å². The number of hydrogen-bond acceptors (Lipinski definition) is 4.